The lowest BCUT2D eigenvalue weighted by molar-refractivity contribution is 0.102. The molecule has 1 aromatic heterocycles. The Balaban J connectivity index is 1.70. The monoisotopic (exact) mass is 356 g/mol. The van der Waals surface area contributed by atoms with E-state index in [9.17, 15) is 4.79 Å². The fourth-order valence-corrected chi connectivity index (χ4v) is 2.71. The number of nitrogens with zero attached hydrogens (tertiary/aromatic N) is 1. The highest BCUT2D eigenvalue weighted by molar-refractivity contribution is 6.44. The summed E-state index contributed by atoms with van der Waals surface area (Å²) in [5.41, 5.74) is 3.40. The Morgan fingerprint density at radius 2 is 1.58 bits per heavy atom. The number of carbonyl (C=O) groups is 1. The first-order chi connectivity index (χ1) is 11.6. The molecule has 120 valence electrons. The predicted molar refractivity (Wildman–Crippen MR) is 97.9 cm³/mol. The van der Waals surface area contributed by atoms with Crippen LogP contribution in [0, 0.1) is 0 Å². The fraction of sp³-hybridized carbons (Fsp3) is 0.0526. The van der Waals surface area contributed by atoms with Crippen LogP contribution in [0.1, 0.15) is 21.5 Å². The third-order valence-corrected chi connectivity index (χ3v) is 4.38. The van der Waals surface area contributed by atoms with E-state index in [1.807, 2.05) is 36.4 Å². The second kappa shape index (κ2) is 7.47. The molecule has 0 aliphatic carbocycles. The van der Waals surface area contributed by atoms with Crippen molar-refractivity contribution in [2.24, 2.45) is 0 Å². The molecule has 0 fully saturated rings. The highest BCUT2D eigenvalue weighted by Gasteiger charge is 2.12. The van der Waals surface area contributed by atoms with E-state index >= 15 is 0 Å². The van der Waals surface area contributed by atoms with Crippen molar-refractivity contribution in [2.45, 2.75) is 6.42 Å². The zero-order chi connectivity index (χ0) is 16.9. The van der Waals surface area contributed by atoms with Gasteiger partial charge in [-0.25, -0.2) is 0 Å². The number of rotatable bonds is 4. The van der Waals surface area contributed by atoms with Crippen LogP contribution in [-0.4, -0.2) is 10.9 Å². The van der Waals surface area contributed by atoms with E-state index in [0.29, 0.717) is 16.3 Å². The highest BCUT2D eigenvalue weighted by atomic mass is 35.5. The van der Waals surface area contributed by atoms with Crippen LogP contribution < -0.4 is 5.32 Å². The maximum Gasteiger partial charge on any atom is 0.257 e. The van der Waals surface area contributed by atoms with Crippen molar-refractivity contribution in [1.82, 2.24) is 4.98 Å². The summed E-state index contributed by atoms with van der Waals surface area (Å²) in [6.45, 7) is 0. The van der Waals surface area contributed by atoms with Gasteiger partial charge >= 0.3 is 0 Å². The maximum absolute atomic E-state index is 12.3. The standard InChI is InChI=1S/C19H14Cl2N2O/c20-17-3-1-2-16(18(17)21)19(24)23-15-6-4-13(5-7-15)12-14-8-10-22-11-9-14/h1-11H,12H2,(H,23,24). The molecule has 24 heavy (non-hydrogen) atoms. The molecule has 3 nitrogen and oxygen atoms in total. The molecular weight excluding hydrogens is 343 g/mol. The van der Waals surface area contributed by atoms with Gasteiger partial charge in [0.25, 0.3) is 5.91 Å². The van der Waals surface area contributed by atoms with Crippen molar-refractivity contribution >= 4 is 34.8 Å². The lowest BCUT2D eigenvalue weighted by atomic mass is 10.1. The fourth-order valence-electron chi connectivity index (χ4n) is 2.32. The maximum atomic E-state index is 12.3. The van der Waals surface area contributed by atoms with Crippen LogP contribution >= 0.6 is 23.2 Å². The largest absolute Gasteiger partial charge is 0.322 e. The van der Waals surface area contributed by atoms with Gasteiger partial charge in [-0.2, -0.15) is 0 Å². The molecule has 0 saturated carbocycles. The third kappa shape index (κ3) is 3.94. The second-order valence-electron chi connectivity index (χ2n) is 5.28. The molecule has 0 atom stereocenters. The Kier molecular flexibility index (Phi) is 5.14. The minimum Gasteiger partial charge on any atom is -0.322 e. The molecule has 1 N–H and O–H groups in total. The van der Waals surface area contributed by atoms with E-state index in [2.05, 4.69) is 10.3 Å². The van der Waals surface area contributed by atoms with E-state index in [4.69, 9.17) is 23.2 Å². The number of hydrogen-bond donors (Lipinski definition) is 1. The van der Waals surface area contributed by atoms with Gasteiger partial charge in [-0.3, -0.25) is 9.78 Å². The van der Waals surface area contributed by atoms with Crippen LogP contribution in [-0.2, 0) is 6.42 Å². The zero-order valence-electron chi connectivity index (χ0n) is 12.7. The summed E-state index contributed by atoms with van der Waals surface area (Å²) >= 11 is 12.0. The molecule has 0 aliphatic rings. The summed E-state index contributed by atoms with van der Waals surface area (Å²) in [6, 6.07) is 16.6. The van der Waals surface area contributed by atoms with E-state index in [1.165, 1.54) is 5.56 Å². The van der Waals surface area contributed by atoms with Gasteiger partial charge in [0.1, 0.15) is 0 Å². The summed E-state index contributed by atoms with van der Waals surface area (Å²) < 4.78 is 0. The Labute approximate surface area is 150 Å². The first-order valence-corrected chi connectivity index (χ1v) is 8.12. The Morgan fingerprint density at radius 1 is 0.917 bits per heavy atom. The van der Waals surface area contributed by atoms with Crippen molar-refractivity contribution in [3.05, 3.63) is 93.7 Å². The summed E-state index contributed by atoms with van der Waals surface area (Å²) in [5.74, 6) is -0.288. The van der Waals surface area contributed by atoms with E-state index in [1.54, 1.807) is 30.6 Å². The topological polar surface area (TPSA) is 42.0 Å². The van der Waals surface area contributed by atoms with Crippen molar-refractivity contribution in [2.75, 3.05) is 5.32 Å². The average Bonchev–Trinajstić information content (AvgIpc) is 2.60. The quantitative estimate of drug-likeness (QED) is 0.695. The van der Waals surface area contributed by atoms with Crippen molar-refractivity contribution in [3.8, 4) is 0 Å². The van der Waals surface area contributed by atoms with Crippen molar-refractivity contribution in [3.63, 3.8) is 0 Å². The first-order valence-electron chi connectivity index (χ1n) is 7.36. The minimum atomic E-state index is -0.288. The molecule has 3 aromatic rings. The van der Waals surface area contributed by atoms with Gasteiger partial charge in [0.05, 0.1) is 15.6 Å². The number of pyridine rings is 1. The van der Waals surface area contributed by atoms with Crippen LogP contribution in [0.15, 0.2) is 67.0 Å². The van der Waals surface area contributed by atoms with Gasteiger partial charge in [0.2, 0.25) is 0 Å². The predicted octanol–water partition coefficient (Wildman–Crippen LogP) is 5.23. The van der Waals surface area contributed by atoms with Gasteiger partial charge in [-0.05, 0) is 53.9 Å². The molecule has 1 heterocycles. The number of halogens is 2. The van der Waals surface area contributed by atoms with Gasteiger partial charge in [-0.15, -0.1) is 0 Å². The lowest BCUT2D eigenvalue weighted by Crippen LogP contribution is -2.12. The van der Waals surface area contributed by atoms with Crippen LogP contribution in [0.5, 0.6) is 0 Å². The number of carbonyl (C=O) groups excluding carboxylic acids is 1. The van der Waals surface area contributed by atoms with E-state index in [-0.39, 0.29) is 10.9 Å². The molecular formula is C19H14Cl2N2O. The number of amides is 1. The number of anilines is 1. The van der Waals surface area contributed by atoms with Gasteiger partial charge in [-0.1, -0.05) is 41.4 Å². The van der Waals surface area contributed by atoms with E-state index in [0.717, 1.165) is 12.0 Å². The molecule has 5 heteroatoms. The lowest BCUT2D eigenvalue weighted by Gasteiger charge is -2.08. The zero-order valence-corrected chi connectivity index (χ0v) is 14.2. The molecule has 0 spiro atoms. The number of aromatic nitrogens is 1. The van der Waals surface area contributed by atoms with Crippen LogP contribution in [0.2, 0.25) is 10.0 Å². The molecule has 0 aliphatic heterocycles. The van der Waals surface area contributed by atoms with Gasteiger partial charge < -0.3 is 5.32 Å². The van der Waals surface area contributed by atoms with Crippen LogP contribution in [0.3, 0.4) is 0 Å². The Morgan fingerprint density at radius 3 is 2.29 bits per heavy atom. The first kappa shape index (κ1) is 16.5. The summed E-state index contributed by atoms with van der Waals surface area (Å²) in [6.07, 6.45) is 4.37. The molecule has 0 radical (unpaired) electrons. The summed E-state index contributed by atoms with van der Waals surface area (Å²) in [7, 11) is 0. The molecule has 1 amide bonds. The number of nitrogens with one attached hydrogen (secondary N) is 1. The van der Waals surface area contributed by atoms with Crippen LogP contribution in [0.25, 0.3) is 0 Å². The summed E-state index contributed by atoms with van der Waals surface area (Å²) in [4.78, 5) is 16.3. The third-order valence-electron chi connectivity index (χ3n) is 3.57. The Hall–Kier alpha value is -2.36. The molecule has 0 saturated heterocycles. The highest BCUT2D eigenvalue weighted by Crippen LogP contribution is 2.26. The molecule has 2 aromatic carbocycles. The number of benzene rings is 2. The van der Waals surface area contributed by atoms with Gasteiger partial charge in [0, 0.05) is 18.1 Å². The van der Waals surface area contributed by atoms with Crippen molar-refractivity contribution in [1.29, 1.82) is 0 Å². The van der Waals surface area contributed by atoms with Crippen LogP contribution in [0.4, 0.5) is 5.69 Å². The van der Waals surface area contributed by atoms with Crippen molar-refractivity contribution < 1.29 is 4.79 Å². The molecule has 0 bridgehead atoms. The smallest absolute Gasteiger partial charge is 0.257 e. The normalized spacial score (nSPS) is 10.4. The second-order valence-corrected chi connectivity index (χ2v) is 6.07. The SMILES string of the molecule is O=C(Nc1ccc(Cc2ccncc2)cc1)c1cccc(Cl)c1Cl. The van der Waals surface area contributed by atoms with E-state index < -0.39 is 0 Å². The molecule has 3 rings (SSSR count). The number of hydrogen-bond acceptors (Lipinski definition) is 2. The molecule has 0 unspecified atom stereocenters. The average molecular weight is 357 g/mol. The van der Waals surface area contributed by atoms with Gasteiger partial charge in [0.15, 0.2) is 0 Å². The minimum absolute atomic E-state index is 0.256. The summed E-state index contributed by atoms with van der Waals surface area (Å²) in [5, 5.41) is 3.44. The Bertz CT molecular complexity index is 849.